The number of fused-ring (bicyclic) bond motifs is 1. The molecule has 3 rings (SSSR count). The highest BCUT2D eigenvalue weighted by atomic mass is 15.1. The van der Waals surface area contributed by atoms with Crippen LogP contribution in [0, 0.1) is 0 Å². The van der Waals surface area contributed by atoms with E-state index in [1.54, 1.807) is 0 Å². The van der Waals surface area contributed by atoms with E-state index in [4.69, 9.17) is 5.73 Å². The third-order valence-electron chi connectivity index (χ3n) is 3.97. The molecule has 0 radical (unpaired) electrons. The van der Waals surface area contributed by atoms with Crippen molar-refractivity contribution >= 4 is 23.3 Å². The average Bonchev–Trinajstić information content (AvgIpc) is 2.52. The van der Waals surface area contributed by atoms with Crippen LogP contribution in [-0.2, 0) is 6.42 Å². The number of benzene rings is 1. The molecule has 0 fully saturated rings. The van der Waals surface area contributed by atoms with Gasteiger partial charge in [-0.15, -0.1) is 0 Å². The Morgan fingerprint density at radius 2 is 2.05 bits per heavy atom. The summed E-state index contributed by atoms with van der Waals surface area (Å²) in [7, 11) is 4.10. The van der Waals surface area contributed by atoms with Crippen LogP contribution in [-0.4, -0.2) is 25.6 Å². The summed E-state index contributed by atoms with van der Waals surface area (Å²) in [6.45, 7) is 0.840. The summed E-state index contributed by atoms with van der Waals surface area (Å²) in [6, 6.07) is 12.4. The largest absolute Gasteiger partial charge is 0.384 e. The van der Waals surface area contributed by atoms with Gasteiger partial charge < -0.3 is 16.0 Å². The van der Waals surface area contributed by atoms with Crippen LogP contribution in [0.15, 0.2) is 42.0 Å². The number of nitrogens with two attached hydrogens (primary N) is 1. The third kappa shape index (κ3) is 3.22. The Morgan fingerprint density at radius 1 is 1.18 bits per heavy atom. The number of aromatic nitrogens is 1. The molecule has 114 valence electrons. The fourth-order valence-electron chi connectivity index (χ4n) is 2.67. The van der Waals surface area contributed by atoms with Crippen molar-refractivity contribution in [1.82, 2.24) is 4.98 Å². The molecule has 0 aliphatic heterocycles. The van der Waals surface area contributed by atoms with Crippen LogP contribution in [0.5, 0.6) is 0 Å². The lowest BCUT2D eigenvalue weighted by molar-refractivity contribution is 0.894. The molecule has 0 spiro atoms. The first-order chi connectivity index (χ1) is 10.6. The quantitative estimate of drug-likeness (QED) is 0.909. The number of aryl methyl sites for hydroxylation is 1. The topological polar surface area (TPSA) is 54.2 Å². The summed E-state index contributed by atoms with van der Waals surface area (Å²) in [5.41, 5.74) is 11.8. The lowest BCUT2D eigenvalue weighted by Crippen LogP contribution is -2.12. The van der Waals surface area contributed by atoms with Gasteiger partial charge in [-0.1, -0.05) is 12.1 Å². The van der Waals surface area contributed by atoms with Crippen molar-refractivity contribution in [3.8, 4) is 0 Å². The number of hydrogen-bond donors (Lipinski definition) is 2. The lowest BCUT2D eigenvalue weighted by Gasteiger charge is -2.18. The number of hydrogen-bond acceptors (Lipinski definition) is 4. The summed E-state index contributed by atoms with van der Waals surface area (Å²) in [5, 5.41) is 3.50. The maximum Gasteiger partial charge on any atom is 0.124 e. The molecule has 4 heteroatoms. The molecule has 1 heterocycles. The fraction of sp³-hybridized carbons (Fsp3) is 0.278. The van der Waals surface area contributed by atoms with E-state index in [0.717, 1.165) is 30.8 Å². The fourth-order valence-corrected chi connectivity index (χ4v) is 2.67. The van der Waals surface area contributed by atoms with Crippen molar-refractivity contribution in [3.63, 3.8) is 0 Å². The minimum atomic E-state index is 0.586. The highest BCUT2D eigenvalue weighted by molar-refractivity contribution is 5.61. The van der Waals surface area contributed by atoms with E-state index in [9.17, 15) is 0 Å². The zero-order chi connectivity index (χ0) is 15.5. The Bertz CT molecular complexity index is 704. The SMILES string of the molecule is CN(C)c1cccc(NCC2=Cc3nc(N)ccc3CC2)c1. The van der Waals surface area contributed by atoms with E-state index in [-0.39, 0.29) is 0 Å². The van der Waals surface area contributed by atoms with E-state index in [1.165, 1.54) is 16.8 Å². The summed E-state index contributed by atoms with van der Waals surface area (Å²) in [6.07, 6.45) is 4.27. The number of pyridine rings is 1. The van der Waals surface area contributed by atoms with Crippen LogP contribution in [0.1, 0.15) is 17.7 Å². The van der Waals surface area contributed by atoms with E-state index in [2.05, 4.69) is 65.7 Å². The van der Waals surface area contributed by atoms with Crippen molar-refractivity contribution in [3.05, 3.63) is 53.2 Å². The van der Waals surface area contributed by atoms with Gasteiger partial charge in [0.1, 0.15) is 5.82 Å². The molecule has 0 unspecified atom stereocenters. The van der Waals surface area contributed by atoms with E-state index >= 15 is 0 Å². The maximum atomic E-state index is 5.78. The Kier molecular flexibility index (Phi) is 4.00. The van der Waals surface area contributed by atoms with Crippen LogP contribution in [0.3, 0.4) is 0 Å². The van der Waals surface area contributed by atoms with Gasteiger partial charge in [0.2, 0.25) is 0 Å². The van der Waals surface area contributed by atoms with Crippen molar-refractivity contribution < 1.29 is 0 Å². The minimum absolute atomic E-state index is 0.586. The first-order valence-corrected chi connectivity index (χ1v) is 7.58. The summed E-state index contributed by atoms with van der Waals surface area (Å²) < 4.78 is 0. The molecule has 1 aliphatic rings. The molecule has 3 N–H and O–H groups in total. The molecule has 2 aromatic rings. The van der Waals surface area contributed by atoms with Crippen LogP contribution in [0.2, 0.25) is 0 Å². The second-order valence-electron chi connectivity index (χ2n) is 5.88. The highest BCUT2D eigenvalue weighted by Gasteiger charge is 2.11. The Labute approximate surface area is 131 Å². The van der Waals surface area contributed by atoms with Gasteiger partial charge in [-0.25, -0.2) is 4.98 Å². The molecule has 1 aromatic heterocycles. The molecule has 1 aromatic carbocycles. The standard InChI is InChI=1S/C18H22N4/c1-22(2)16-5-3-4-15(11-16)20-12-13-6-7-14-8-9-18(19)21-17(14)10-13/h3-5,8-11,20H,6-7,12H2,1-2H3,(H2,19,21). The van der Waals surface area contributed by atoms with Crippen LogP contribution in [0.25, 0.3) is 6.08 Å². The number of rotatable bonds is 4. The summed E-state index contributed by atoms with van der Waals surface area (Å²) in [5.74, 6) is 0.586. The van der Waals surface area contributed by atoms with Crippen molar-refractivity contribution in [1.29, 1.82) is 0 Å². The molecule has 4 nitrogen and oxygen atoms in total. The molecule has 0 saturated heterocycles. The zero-order valence-electron chi connectivity index (χ0n) is 13.1. The van der Waals surface area contributed by atoms with E-state index in [1.807, 2.05) is 6.07 Å². The van der Waals surface area contributed by atoms with Crippen molar-refractivity contribution in [2.75, 3.05) is 36.6 Å². The Hall–Kier alpha value is -2.49. The monoisotopic (exact) mass is 294 g/mol. The molecular formula is C18H22N4. The zero-order valence-corrected chi connectivity index (χ0v) is 13.1. The third-order valence-corrected chi connectivity index (χ3v) is 3.97. The van der Waals surface area contributed by atoms with Gasteiger partial charge in [0.05, 0.1) is 5.69 Å². The number of nitrogens with one attached hydrogen (secondary N) is 1. The Balaban J connectivity index is 1.71. The maximum absolute atomic E-state index is 5.78. The molecule has 22 heavy (non-hydrogen) atoms. The predicted molar refractivity (Wildman–Crippen MR) is 94.2 cm³/mol. The van der Waals surface area contributed by atoms with Gasteiger partial charge in [0.25, 0.3) is 0 Å². The minimum Gasteiger partial charge on any atom is -0.384 e. The molecule has 0 saturated carbocycles. The molecular weight excluding hydrogens is 272 g/mol. The van der Waals surface area contributed by atoms with E-state index < -0.39 is 0 Å². The van der Waals surface area contributed by atoms with Gasteiger partial charge >= 0.3 is 0 Å². The average molecular weight is 294 g/mol. The Morgan fingerprint density at radius 3 is 2.86 bits per heavy atom. The molecule has 0 atom stereocenters. The van der Waals surface area contributed by atoms with Gasteiger partial charge in [-0.05, 0) is 54.3 Å². The van der Waals surface area contributed by atoms with Gasteiger partial charge in [-0.2, -0.15) is 0 Å². The first kappa shape index (κ1) is 14.4. The van der Waals surface area contributed by atoms with Crippen molar-refractivity contribution in [2.45, 2.75) is 12.8 Å². The summed E-state index contributed by atoms with van der Waals surface area (Å²) in [4.78, 5) is 6.53. The second-order valence-corrected chi connectivity index (χ2v) is 5.88. The number of nitrogen functional groups attached to an aromatic ring is 1. The molecule has 0 amide bonds. The lowest BCUT2D eigenvalue weighted by atomic mass is 9.95. The highest BCUT2D eigenvalue weighted by Crippen LogP contribution is 2.24. The van der Waals surface area contributed by atoms with Gasteiger partial charge in [0.15, 0.2) is 0 Å². The molecule has 0 bridgehead atoms. The number of nitrogens with zero attached hydrogens (tertiary/aromatic N) is 2. The summed E-state index contributed by atoms with van der Waals surface area (Å²) >= 11 is 0. The van der Waals surface area contributed by atoms with Gasteiger partial charge in [-0.3, -0.25) is 0 Å². The van der Waals surface area contributed by atoms with E-state index in [0.29, 0.717) is 5.82 Å². The second kappa shape index (κ2) is 6.10. The van der Waals surface area contributed by atoms with Crippen molar-refractivity contribution in [2.24, 2.45) is 0 Å². The smallest absolute Gasteiger partial charge is 0.124 e. The van der Waals surface area contributed by atoms with Crippen LogP contribution in [0.4, 0.5) is 17.2 Å². The van der Waals surface area contributed by atoms with Crippen LogP contribution >= 0.6 is 0 Å². The number of anilines is 3. The van der Waals surface area contributed by atoms with Crippen LogP contribution < -0.4 is 16.0 Å². The van der Waals surface area contributed by atoms with Gasteiger partial charge in [0, 0.05) is 32.0 Å². The normalized spacial score (nSPS) is 13.3. The molecule has 1 aliphatic carbocycles. The predicted octanol–water partition coefficient (Wildman–Crippen LogP) is 3.17. The first-order valence-electron chi connectivity index (χ1n) is 7.58.